The number of amides is 1. The van der Waals surface area contributed by atoms with Crippen LogP contribution in [0.15, 0.2) is 6.20 Å². The first kappa shape index (κ1) is 17.8. The predicted molar refractivity (Wildman–Crippen MR) is 87.3 cm³/mol. The lowest BCUT2D eigenvalue weighted by Crippen LogP contribution is -2.43. The van der Waals surface area contributed by atoms with Crippen LogP contribution in [-0.2, 0) is 16.9 Å². The lowest BCUT2D eigenvalue weighted by molar-refractivity contribution is 0.0722. The molecule has 1 amide bonds. The van der Waals surface area contributed by atoms with Gasteiger partial charge in [-0.05, 0) is 18.8 Å². The summed E-state index contributed by atoms with van der Waals surface area (Å²) in [7, 11) is 0.118. The number of aryl methyl sites for hydroxylation is 1. The molecule has 7 nitrogen and oxygen atoms in total. The Balaban J connectivity index is 2.03. The Morgan fingerprint density at radius 2 is 2.00 bits per heavy atom. The molecule has 2 rings (SSSR count). The molecule has 1 fully saturated rings. The Hall–Kier alpha value is -1.57. The van der Waals surface area contributed by atoms with Crippen LogP contribution in [0.5, 0.6) is 5.88 Å². The van der Waals surface area contributed by atoms with E-state index in [0.717, 1.165) is 0 Å². The Labute approximate surface area is 137 Å². The van der Waals surface area contributed by atoms with Crippen LogP contribution in [0.25, 0.3) is 0 Å². The van der Waals surface area contributed by atoms with E-state index in [0.29, 0.717) is 37.4 Å². The fraction of sp³-hybridized carbons (Fsp3) is 0.733. The van der Waals surface area contributed by atoms with E-state index in [9.17, 15) is 13.2 Å². The number of sulfone groups is 1. The Morgan fingerprint density at radius 3 is 2.52 bits per heavy atom. The summed E-state index contributed by atoms with van der Waals surface area (Å²) >= 11 is 0. The predicted octanol–water partition coefficient (Wildman–Crippen LogP) is 1.10. The SMILES string of the molecule is COc1nn(C)cc1C(=O)N1CCC(S(=O)(=O)CC(C)C)CC1. The highest BCUT2D eigenvalue weighted by Gasteiger charge is 2.33. The molecule has 0 bridgehead atoms. The maximum atomic E-state index is 12.6. The van der Waals surface area contributed by atoms with Crippen molar-refractivity contribution in [2.45, 2.75) is 31.9 Å². The number of rotatable bonds is 5. The molecule has 0 aliphatic carbocycles. The maximum absolute atomic E-state index is 12.6. The zero-order valence-corrected chi connectivity index (χ0v) is 15.0. The average molecular weight is 343 g/mol. The molecule has 0 radical (unpaired) electrons. The van der Waals surface area contributed by atoms with Gasteiger partial charge >= 0.3 is 0 Å². The molecule has 130 valence electrons. The molecule has 0 atom stereocenters. The van der Waals surface area contributed by atoms with Gasteiger partial charge in [0, 0.05) is 26.3 Å². The van der Waals surface area contributed by atoms with Crippen molar-refractivity contribution in [1.82, 2.24) is 14.7 Å². The first-order chi connectivity index (χ1) is 10.7. The molecule has 1 aromatic rings. The molecule has 0 unspecified atom stereocenters. The third kappa shape index (κ3) is 4.04. The Morgan fingerprint density at radius 1 is 1.39 bits per heavy atom. The molecule has 1 aliphatic rings. The number of likely N-dealkylation sites (tertiary alicyclic amines) is 1. The highest BCUT2D eigenvalue weighted by Crippen LogP contribution is 2.24. The summed E-state index contributed by atoms with van der Waals surface area (Å²) in [6.45, 7) is 4.70. The van der Waals surface area contributed by atoms with Gasteiger partial charge in [0.2, 0.25) is 5.88 Å². The van der Waals surface area contributed by atoms with Gasteiger partial charge in [0.05, 0.1) is 18.1 Å². The summed E-state index contributed by atoms with van der Waals surface area (Å²) < 4.78 is 31.3. The lowest BCUT2D eigenvalue weighted by atomic mass is 10.1. The van der Waals surface area contributed by atoms with Crippen LogP contribution >= 0.6 is 0 Å². The van der Waals surface area contributed by atoms with Gasteiger partial charge in [-0.1, -0.05) is 13.8 Å². The molecule has 2 heterocycles. The normalized spacial score (nSPS) is 16.8. The van der Waals surface area contributed by atoms with E-state index in [1.54, 1.807) is 18.1 Å². The van der Waals surface area contributed by atoms with Gasteiger partial charge in [0.15, 0.2) is 9.84 Å². The standard InChI is InChI=1S/C15H25N3O4S/c1-11(2)10-23(20,21)12-5-7-18(8-6-12)15(19)13-9-17(3)16-14(13)22-4/h9,11-12H,5-8,10H2,1-4H3. The van der Waals surface area contributed by atoms with Crippen molar-refractivity contribution in [3.05, 3.63) is 11.8 Å². The van der Waals surface area contributed by atoms with E-state index in [-0.39, 0.29) is 22.8 Å². The number of methoxy groups -OCH3 is 1. The highest BCUT2D eigenvalue weighted by atomic mass is 32.2. The van der Waals surface area contributed by atoms with E-state index >= 15 is 0 Å². The van der Waals surface area contributed by atoms with E-state index in [1.165, 1.54) is 11.8 Å². The number of nitrogens with zero attached hydrogens (tertiary/aromatic N) is 3. The van der Waals surface area contributed by atoms with E-state index in [2.05, 4.69) is 5.10 Å². The monoisotopic (exact) mass is 343 g/mol. The summed E-state index contributed by atoms with van der Waals surface area (Å²) in [5.74, 6) is 0.475. The van der Waals surface area contributed by atoms with Gasteiger partial charge in [0.25, 0.3) is 5.91 Å². The Bertz CT molecular complexity index is 658. The van der Waals surface area contributed by atoms with Crippen molar-refractivity contribution in [2.75, 3.05) is 26.0 Å². The largest absolute Gasteiger partial charge is 0.479 e. The number of carbonyl (C=O) groups excluding carboxylic acids is 1. The smallest absolute Gasteiger partial charge is 0.260 e. The minimum atomic E-state index is -3.08. The molecule has 1 aromatic heterocycles. The number of carbonyl (C=O) groups is 1. The fourth-order valence-electron chi connectivity index (χ4n) is 2.95. The summed E-state index contributed by atoms with van der Waals surface area (Å²) in [4.78, 5) is 14.3. The number of hydrogen-bond acceptors (Lipinski definition) is 5. The van der Waals surface area contributed by atoms with E-state index in [4.69, 9.17) is 4.74 Å². The van der Waals surface area contributed by atoms with Gasteiger partial charge in [-0.2, -0.15) is 0 Å². The topological polar surface area (TPSA) is 81.5 Å². The van der Waals surface area contributed by atoms with Gasteiger partial charge in [-0.25, -0.2) is 8.42 Å². The van der Waals surface area contributed by atoms with Crippen LogP contribution in [0.2, 0.25) is 0 Å². The second-order valence-electron chi connectivity index (χ2n) is 6.44. The van der Waals surface area contributed by atoms with Crippen molar-refractivity contribution in [3.8, 4) is 5.88 Å². The van der Waals surface area contributed by atoms with Crippen LogP contribution in [0.4, 0.5) is 0 Å². The fourth-order valence-corrected chi connectivity index (χ4v) is 5.09. The quantitative estimate of drug-likeness (QED) is 0.800. The van der Waals surface area contributed by atoms with Crippen LogP contribution in [0, 0.1) is 5.92 Å². The van der Waals surface area contributed by atoms with Gasteiger partial charge in [0.1, 0.15) is 5.56 Å². The molecule has 0 N–H and O–H groups in total. The third-order valence-electron chi connectivity index (χ3n) is 4.02. The molecular formula is C15H25N3O4S. The van der Waals surface area contributed by atoms with Crippen molar-refractivity contribution >= 4 is 15.7 Å². The van der Waals surface area contributed by atoms with Crippen LogP contribution in [0.3, 0.4) is 0 Å². The highest BCUT2D eigenvalue weighted by molar-refractivity contribution is 7.92. The average Bonchev–Trinajstić information content (AvgIpc) is 2.86. The van der Waals surface area contributed by atoms with Crippen molar-refractivity contribution in [2.24, 2.45) is 13.0 Å². The molecule has 0 spiro atoms. The Kier molecular flexibility index (Phi) is 5.33. The lowest BCUT2D eigenvalue weighted by Gasteiger charge is -2.31. The number of piperidine rings is 1. The maximum Gasteiger partial charge on any atom is 0.260 e. The van der Waals surface area contributed by atoms with E-state index < -0.39 is 9.84 Å². The second kappa shape index (κ2) is 6.90. The number of aromatic nitrogens is 2. The summed E-state index contributed by atoms with van der Waals surface area (Å²) in [5, 5.41) is 3.74. The molecule has 0 aromatic carbocycles. The van der Waals surface area contributed by atoms with E-state index in [1.807, 2.05) is 13.8 Å². The summed E-state index contributed by atoms with van der Waals surface area (Å²) in [5.41, 5.74) is 0.415. The summed E-state index contributed by atoms with van der Waals surface area (Å²) in [6, 6.07) is 0. The van der Waals surface area contributed by atoms with Crippen molar-refractivity contribution < 1.29 is 17.9 Å². The molecule has 8 heteroatoms. The third-order valence-corrected chi connectivity index (χ3v) is 6.64. The van der Waals surface area contributed by atoms with Crippen LogP contribution < -0.4 is 4.74 Å². The van der Waals surface area contributed by atoms with Gasteiger partial charge in [-0.15, -0.1) is 5.10 Å². The molecule has 1 aliphatic heterocycles. The zero-order chi connectivity index (χ0) is 17.2. The molecule has 0 saturated carbocycles. The number of ether oxygens (including phenoxy) is 1. The minimum Gasteiger partial charge on any atom is -0.479 e. The number of hydrogen-bond donors (Lipinski definition) is 0. The van der Waals surface area contributed by atoms with Gasteiger partial charge < -0.3 is 9.64 Å². The minimum absolute atomic E-state index is 0.124. The zero-order valence-electron chi connectivity index (χ0n) is 14.2. The van der Waals surface area contributed by atoms with Crippen LogP contribution in [-0.4, -0.2) is 60.2 Å². The molecular weight excluding hydrogens is 318 g/mol. The summed E-state index contributed by atoms with van der Waals surface area (Å²) in [6.07, 6.45) is 2.61. The van der Waals surface area contributed by atoms with Crippen molar-refractivity contribution in [1.29, 1.82) is 0 Å². The van der Waals surface area contributed by atoms with Crippen LogP contribution in [0.1, 0.15) is 37.0 Å². The first-order valence-corrected chi connectivity index (χ1v) is 9.54. The molecule has 1 saturated heterocycles. The van der Waals surface area contributed by atoms with Gasteiger partial charge in [-0.3, -0.25) is 9.48 Å². The molecule has 23 heavy (non-hydrogen) atoms. The first-order valence-electron chi connectivity index (χ1n) is 7.83. The van der Waals surface area contributed by atoms with Crippen molar-refractivity contribution in [3.63, 3.8) is 0 Å². The second-order valence-corrected chi connectivity index (χ2v) is 8.77.